The van der Waals surface area contributed by atoms with Crippen molar-refractivity contribution in [3.05, 3.63) is 29.8 Å². The van der Waals surface area contributed by atoms with Crippen LogP contribution < -0.4 is 5.32 Å². The van der Waals surface area contributed by atoms with Crippen LogP contribution in [0.4, 0.5) is 4.39 Å². The van der Waals surface area contributed by atoms with E-state index in [2.05, 4.69) is 10.3 Å². The predicted octanol–water partition coefficient (Wildman–Crippen LogP) is 1.25. The largest absolute Gasteiger partial charge is 0.352 e. The first-order valence-electron chi connectivity index (χ1n) is 4.10. The Morgan fingerprint density at radius 3 is 3.08 bits per heavy atom. The van der Waals surface area contributed by atoms with Crippen LogP contribution in [-0.2, 0) is 11.3 Å². The van der Waals surface area contributed by atoms with Crippen LogP contribution in [0.2, 0.25) is 0 Å². The molecule has 0 aliphatic heterocycles. The van der Waals surface area contributed by atoms with Gasteiger partial charge in [0.2, 0.25) is 11.9 Å². The van der Waals surface area contributed by atoms with Crippen molar-refractivity contribution in [1.29, 1.82) is 0 Å². The number of carbonyl (C=O) groups is 1. The molecule has 0 saturated carbocycles. The molecule has 13 heavy (non-hydrogen) atoms. The Morgan fingerprint density at radius 1 is 1.69 bits per heavy atom. The highest BCUT2D eigenvalue weighted by molar-refractivity contribution is 5.75. The summed E-state index contributed by atoms with van der Waals surface area (Å²) in [5, 5.41) is 2.57. The summed E-state index contributed by atoms with van der Waals surface area (Å²) in [4.78, 5) is 14.3. The number of nitrogens with one attached hydrogen (secondary N) is 1. The van der Waals surface area contributed by atoms with Gasteiger partial charge in [-0.25, -0.2) is 4.98 Å². The quantitative estimate of drug-likeness (QED) is 0.715. The predicted molar refractivity (Wildman–Crippen MR) is 46.3 cm³/mol. The van der Waals surface area contributed by atoms with E-state index >= 15 is 0 Å². The highest BCUT2D eigenvalue weighted by atomic mass is 19.1. The molecule has 1 amide bonds. The molecule has 1 heterocycles. The van der Waals surface area contributed by atoms with Gasteiger partial charge >= 0.3 is 0 Å². The second kappa shape index (κ2) is 4.54. The van der Waals surface area contributed by atoms with E-state index in [4.69, 9.17) is 0 Å². The topological polar surface area (TPSA) is 42.0 Å². The van der Waals surface area contributed by atoms with E-state index in [1.54, 1.807) is 19.1 Å². The highest BCUT2D eigenvalue weighted by Crippen LogP contribution is 2.01. The van der Waals surface area contributed by atoms with Crippen molar-refractivity contribution in [2.45, 2.75) is 19.9 Å². The van der Waals surface area contributed by atoms with Gasteiger partial charge in [-0.3, -0.25) is 4.79 Å². The van der Waals surface area contributed by atoms with Crippen LogP contribution in [0.5, 0.6) is 0 Å². The minimum atomic E-state index is -0.529. The molecule has 0 aliphatic rings. The zero-order valence-corrected chi connectivity index (χ0v) is 7.38. The molecule has 1 aromatic heterocycles. The number of aromatic nitrogens is 1. The standard InChI is InChI=1S/C9H11FN2O/c1-2-8(13)12-6-7-4-3-5-11-9(7)10/h3-5H,2,6H2,1H3,(H,12,13). The summed E-state index contributed by atoms with van der Waals surface area (Å²) in [5.74, 6) is -0.623. The highest BCUT2D eigenvalue weighted by Gasteiger charge is 2.02. The lowest BCUT2D eigenvalue weighted by molar-refractivity contribution is -0.120. The molecule has 0 aliphatic carbocycles. The molecule has 0 radical (unpaired) electrons. The summed E-state index contributed by atoms with van der Waals surface area (Å²) in [6.07, 6.45) is 1.78. The molecule has 0 unspecified atom stereocenters. The monoisotopic (exact) mass is 182 g/mol. The van der Waals surface area contributed by atoms with Crippen molar-refractivity contribution >= 4 is 5.91 Å². The molecular formula is C9H11FN2O. The number of pyridine rings is 1. The van der Waals surface area contributed by atoms with Crippen LogP contribution in [-0.4, -0.2) is 10.9 Å². The Hall–Kier alpha value is -1.45. The maximum atomic E-state index is 12.9. The molecule has 0 aromatic carbocycles. The third-order valence-corrected chi connectivity index (χ3v) is 1.63. The van der Waals surface area contributed by atoms with E-state index in [0.29, 0.717) is 12.0 Å². The molecule has 4 heteroatoms. The molecule has 0 atom stereocenters. The molecule has 0 saturated heterocycles. The fraction of sp³-hybridized carbons (Fsp3) is 0.333. The van der Waals surface area contributed by atoms with Crippen molar-refractivity contribution in [1.82, 2.24) is 10.3 Å². The summed E-state index contributed by atoms with van der Waals surface area (Å²) in [5.41, 5.74) is 0.407. The molecule has 0 spiro atoms. The molecule has 70 valence electrons. The number of carbonyl (C=O) groups excluding carboxylic acids is 1. The van der Waals surface area contributed by atoms with Crippen LogP contribution in [0.1, 0.15) is 18.9 Å². The van der Waals surface area contributed by atoms with Gasteiger partial charge < -0.3 is 5.32 Å². The maximum absolute atomic E-state index is 12.9. The third kappa shape index (κ3) is 2.82. The first-order chi connectivity index (χ1) is 6.24. The van der Waals surface area contributed by atoms with Crippen LogP contribution >= 0.6 is 0 Å². The lowest BCUT2D eigenvalue weighted by atomic mass is 10.3. The molecular weight excluding hydrogens is 171 g/mol. The second-order valence-corrected chi connectivity index (χ2v) is 2.58. The molecule has 0 bridgehead atoms. The maximum Gasteiger partial charge on any atom is 0.219 e. The minimum Gasteiger partial charge on any atom is -0.352 e. The van der Waals surface area contributed by atoms with E-state index in [9.17, 15) is 9.18 Å². The number of amides is 1. The first kappa shape index (κ1) is 9.64. The van der Waals surface area contributed by atoms with Crippen molar-refractivity contribution in [2.75, 3.05) is 0 Å². The summed E-state index contributed by atoms with van der Waals surface area (Å²) >= 11 is 0. The van der Waals surface area contributed by atoms with Crippen LogP contribution in [0.25, 0.3) is 0 Å². The van der Waals surface area contributed by atoms with Gasteiger partial charge in [0, 0.05) is 24.7 Å². The van der Waals surface area contributed by atoms with E-state index in [0.717, 1.165) is 0 Å². The Labute approximate surface area is 76.0 Å². The lowest BCUT2D eigenvalue weighted by Crippen LogP contribution is -2.22. The smallest absolute Gasteiger partial charge is 0.219 e. The molecule has 0 fully saturated rings. The van der Waals surface area contributed by atoms with E-state index in [1.807, 2.05) is 0 Å². The number of hydrogen-bond acceptors (Lipinski definition) is 2. The normalized spacial score (nSPS) is 9.69. The van der Waals surface area contributed by atoms with Gasteiger partial charge in [0.15, 0.2) is 0 Å². The average molecular weight is 182 g/mol. The SMILES string of the molecule is CCC(=O)NCc1cccnc1F. The van der Waals surface area contributed by atoms with Gasteiger partial charge in [0.05, 0.1) is 0 Å². The fourth-order valence-electron chi connectivity index (χ4n) is 0.870. The van der Waals surface area contributed by atoms with Crippen molar-refractivity contribution in [3.8, 4) is 0 Å². The Balaban J connectivity index is 2.54. The zero-order chi connectivity index (χ0) is 9.68. The number of rotatable bonds is 3. The Kier molecular flexibility index (Phi) is 3.37. The minimum absolute atomic E-state index is 0.0942. The number of nitrogens with zero attached hydrogens (tertiary/aromatic N) is 1. The summed E-state index contributed by atoms with van der Waals surface area (Å²) < 4.78 is 12.9. The average Bonchev–Trinajstić information content (AvgIpc) is 2.16. The number of hydrogen-bond donors (Lipinski definition) is 1. The third-order valence-electron chi connectivity index (χ3n) is 1.63. The van der Waals surface area contributed by atoms with Crippen molar-refractivity contribution < 1.29 is 9.18 Å². The van der Waals surface area contributed by atoms with Crippen molar-refractivity contribution in [3.63, 3.8) is 0 Å². The lowest BCUT2D eigenvalue weighted by Gasteiger charge is -2.03. The van der Waals surface area contributed by atoms with Crippen molar-refractivity contribution in [2.24, 2.45) is 0 Å². The van der Waals surface area contributed by atoms with Crippen LogP contribution in [0, 0.1) is 5.95 Å². The van der Waals surface area contributed by atoms with Gasteiger partial charge in [-0.05, 0) is 6.07 Å². The van der Waals surface area contributed by atoms with Gasteiger partial charge in [0.25, 0.3) is 0 Å². The van der Waals surface area contributed by atoms with E-state index < -0.39 is 5.95 Å². The van der Waals surface area contributed by atoms with E-state index in [1.165, 1.54) is 6.20 Å². The van der Waals surface area contributed by atoms with Crippen LogP contribution in [0.15, 0.2) is 18.3 Å². The first-order valence-corrected chi connectivity index (χ1v) is 4.10. The Morgan fingerprint density at radius 2 is 2.46 bits per heavy atom. The Bertz CT molecular complexity index is 301. The fourth-order valence-corrected chi connectivity index (χ4v) is 0.870. The van der Waals surface area contributed by atoms with Gasteiger partial charge in [-0.2, -0.15) is 4.39 Å². The molecule has 1 N–H and O–H groups in total. The van der Waals surface area contributed by atoms with Gasteiger partial charge in [-0.15, -0.1) is 0 Å². The molecule has 1 rings (SSSR count). The van der Waals surface area contributed by atoms with E-state index in [-0.39, 0.29) is 12.5 Å². The van der Waals surface area contributed by atoms with Crippen LogP contribution in [0.3, 0.4) is 0 Å². The number of halogens is 1. The summed E-state index contributed by atoms with van der Waals surface area (Å²) in [6.45, 7) is 1.95. The molecule has 3 nitrogen and oxygen atoms in total. The van der Waals surface area contributed by atoms with Gasteiger partial charge in [0.1, 0.15) is 0 Å². The van der Waals surface area contributed by atoms with Gasteiger partial charge in [-0.1, -0.05) is 13.0 Å². The molecule has 1 aromatic rings. The summed E-state index contributed by atoms with van der Waals surface area (Å²) in [7, 11) is 0. The summed E-state index contributed by atoms with van der Waals surface area (Å²) in [6, 6.07) is 3.23. The second-order valence-electron chi connectivity index (χ2n) is 2.58. The zero-order valence-electron chi connectivity index (χ0n) is 7.38.